The number of carbonyl (C=O) groups is 1. The third kappa shape index (κ3) is 2.95. The van der Waals surface area contributed by atoms with Gasteiger partial charge in [0, 0.05) is 11.8 Å². The van der Waals surface area contributed by atoms with Crippen molar-refractivity contribution in [2.75, 3.05) is 13.4 Å². The van der Waals surface area contributed by atoms with Crippen molar-refractivity contribution in [1.82, 2.24) is 0 Å². The lowest BCUT2D eigenvalue weighted by Gasteiger charge is -2.13. The van der Waals surface area contributed by atoms with Crippen LogP contribution in [-0.2, 0) is 14.6 Å². The van der Waals surface area contributed by atoms with E-state index in [4.69, 9.17) is 15.6 Å². The van der Waals surface area contributed by atoms with Gasteiger partial charge in [-0.25, -0.2) is 8.42 Å². The summed E-state index contributed by atoms with van der Waals surface area (Å²) >= 11 is 0. The van der Waals surface area contributed by atoms with Crippen molar-refractivity contribution in [3.05, 3.63) is 23.8 Å². The molecular formula is C10H13NO5S. The first-order chi connectivity index (χ1) is 7.77. The van der Waals surface area contributed by atoms with Crippen LogP contribution < -0.4 is 10.5 Å². The summed E-state index contributed by atoms with van der Waals surface area (Å²) in [5.74, 6) is -1.01. The predicted octanol–water partition coefficient (Wildman–Crippen LogP) is 0.183. The van der Waals surface area contributed by atoms with Crippen LogP contribution in [0.3, 0.4) is 0 Å². The van der Waals surface area contributed by atoms with Crippen LogP contribution in [-0.4, -0.2) is 32.9 Å². The number of nitrogens with two attached hydrogens (primary N) is 1. The highest BCUT2D eigenvalue weighted by molar-refractivity contribution is 7.90. The lowest BCUT2D eigenvalue weighted by molar-refractivity contribution is -0.138. The van der Waals surface area contributed by atoms with E-state index >= 15 is 0 Å². The fourth-order valence-electron chi connectivity index (χ4n) is 1.32. The first kappa shape index (κ1) is 13.5. The first-order valence-electron chi connectivity index (χ1n) is 4.63. The molecule has 1 aromatic rings. The van der Waals surface area contributed by atoms with E-state index < -0.39 is 21.8 Å². The number of aliphatic carboxylic acids is 1. The third-order valence-electron chi connectivity index (χ3n) is 2.23. The molecule has 0 amide bonds. The van der Waals surface area contributed by atoms with Gasteiger partial charge in [-0.1, -0.05) is 0 Å². The Morgan fingerprint density at radius 2 is 2.06 bits per heavy atom. The van der Waals surface area contributed by atoms with Crippen molar-refractivity contribution in [3.8, 4) is 5.75 Å². The van der Waals surface area contributed by atoms with Gasteiger partial charge in [-0.15, -0.1) is 0 Å². The Labute approximate surface area is 98.9 Å². The Kier molecular flexibility index (Phi) is 3.74. The highest BCUT2D eigenvalue weighted by Crippen LogP contribution is 2.27. The fourth-order valence-corrected chi connectivity index (χ4v) is 1.98. The summed E-state index contributed by atoms with van der Waals surface area (Å²) in [5, 5.41) is 8.82. The normalized spacial score (nSPS) is 13.1. The molecule has 0 saturated heterocycles. The zero-order chi connectivity index (χ0) is 13.2. The van der Waals surface area contributed by atoms with Crippen molar-refractivity contribution < 1.29 is 23.1 Å². The van der Waals surface area contributed by atoms with E-state index in [0.29, 0.717) is 0 Å². The van der Waals surface area contributed by atoms with Crippen LogP contribution in [0.2, 0.25) is 0 Å². The smallest absolute Gasteiger partial charge is 0.325 e. The second kappa shape index (κ2) is 4.72. The Bertz CT molecular complexity index is 538. The molecular weight excluding hydrogens is 246 g/mol. The van der Waals surface area contributed by atoms with E-state index in [1.54, 1.807) is 0 Å². The second-order valence-electron chi connectivity index (χ2n) is 3.49. The summed E-state index contributed by atoms with van der Waals surface area (Å²) in [7, 11) is -2.06. The van der Waals surface area contributed by atoms with Crippen molar-refractivity contribution in [3.63, 3.8) is 0 Å². The maximum absolute atomic E-state index is 11.3. The summed E-state index contributed by atoms with van der Waals surface area (Å²) in [6.07, 6.45) is 1.03. The van der Waals surface area contributed by atoms with Crippen LogP contribution in [0.1, 0.15) is 11.6 Å². The minimum Gasteiger partial charge on any atom is -0.496 e. The fraction of sp³-hybridized carbons (Fsp3) is 0.300. The van der Waals surface area contributed by atoms with Gasteiger partial charge in [0.15, 0.2) is 9.84 Å². The summed E-state index contributed by atoms with van der Waals surface area (Å²) < 4.78 is 27.6. The summed E-state index contributed by atoms with van der Waals surface area (Å²) in [4.78, 5) is 10.8. The van der Waals surface area contributed by atoms with Crippen LogP contribution in [0.25, 0.3) is 0 Å². The minimum absolute atomic E-state index is 0.00463. The average Bonchev–Trinajstić information content (AvgIpc) is 2.25. The lowest BCUT2D eigenvalue weighted by Crippen LogP contribution is -2.21. The number of sulfone groups is 1. The van der Waals surface area contributed by atoms with Crippen LogP contribution in [0.5, 0.6) is 5.75 Å². The molecule has 1 aromatic carbocycles. The zero-order valence-corrected chi connectivity index (χ0v) is 10.2. The molecule has 0 aliphatic carbocycles. The van der Waals surface area contributed by atoms with Crippen LogP contribution in [0.15, 0.2) is 23.1 Å². The third-order valence-corrected chi connectivity index (χ3v) is 3.34. The van der Waals surface area contributed by atoms with Gasteiger partial charge < -0.3 is 15.6 Å². The highest BCUT2D eigenvalue weighted by Gasteiger charge is 2.21. The average molecular weight is 259 g/mol. The van der Waals surface area contributed by atoms with Gasteiger partial charge in [-0.2, -0.15) is 0 Å². The molecule has 0 fully saturated rings. The number of ether oxygens (including phenoxy) is 1. The zero-order valence-electron chi connectivity index (χ0n) is 9.38. The molecule has 0 spiro atoms. The van der Waals surface area contributed by atoms with E-state index in [1.807, 2.05) is 0 Å². The van der Waals surface area contributed by atoms with Crippen molar-refractivity contribution in [2.24, 2.45) is 5.73 Å². The van der Waals surface area contributed by atoms with E-state index in [1.165, 1.54) is 25.3 Å². The van der Waals surface area contributed by atoms with Crippen LogP contribution in [0.4, 0.5) is 0 Å². The monoisotopic (exact) mass is 259 g/mol. The molecule has 7 heteroatoms. The number of carboxylic acid groups (broad SMARTS) is 1. The van der Waals surface area contributed by atoms with Gasteiger partial charge in [-0.05, 0) is 18.2 Å². The van der Waals surface area contributed by atoms with E-state index in [9.17, 15) is 13.2 Å². The predicted molar refractivity (Wildman–Crippen MR) is 60.7 cm³/mol. The van der Waals surface area contributed by atoms with Gasteiger partial charge >= 0.3 is 5.97 Å². The summed E-state index contributed by atoms with van der Waals surface area (Å²) in [6.45, 7) is 0. The van der Waals surface area contributed by atoms with Gasteiger partial charge in [0.2, 0.25) is 0 Å². The van der Waals surface area contributed by atoms with E-state index in [0.717, 1.165) is 6.26 Å². The number of methoxy groups -OCH3 is 1. The molecule has 1 atom stereocenters. The van der Waals surface area contributed by atoms with Gasteiger partial charge in [-0.3, -0.25) is 4.79 Å². The molecule has 0 aromatic heterocycles. The maximum Gasteiger partial charge on any atom is 0.325 e. The van der Waals surface area contributed by atoms with Crippen LogP contribution >= 0.6 is 0 Å². The number of carboxylic acids is 1. The van der Waals surface area contributed by atoms with Crippen molar-refractivity contribution in [1.29, 1.82) is 0 Å². The lowest BCUT2D eigenvalue weighted by atomic mass is 10.1. The number of rotatable bonds is 4. The number of hydrogen-bond acceptors (Lipinski definition) is 5. The van der Waals surface area contributed by atoms with E-state index in [-0.39, 0.29) is 16.2 Å². The molecule has 0 radical (unpaired) electrons. The molecule has 6 nitrogen and oxygen atoms in total. The van der Waals surface area contributed by atoms with Crippen molar-refractivity contribution in [2.45, 2.75) is 10.9 Å². The SMILES string of the molecule is COc1ccc(S(C)(=O)=O)cc1C(N)C(=O)O. The molecule has 94 valence electrons. The quantitative estimate of drug-likeness (QED) is 0.799. The molecule has 17 heavy (non-hydrogen) atoms. The number of benzene rings is 1. The molecule has 0 aliphatic rings. The molecule has 0 saturated carbocycles. The minimum atomic E-state index is -3.41. The molecule has 0 bridgehead atoms. The van der Waals surface area contributed by atoms with Crippen LogP contribution in [0, 0.1) is 0 Å². The highest BCUT2D eigenvalue weighted by atomic mass is 32.2. The van der Waals surface area contributed by atoms with Gasteiger partial charge in [0.25, 0.3) is 0 Å². The maximum atomic E-state index is 11.3. The van der Waals surface area contributed by atoms with Gasteiger partial charge in [0.1, 0.15) is 11.8 Å². The second-order valence-corrected chi connectivity index (χ2v) is 5.51. The molecule has 1 unspecified atom stereocenters. The Hall–Kier alpha value is -1.60. The topological polar surface area (TPSA) is 107 Å². The van der Waals surface area contributed by atoms with Crippen molar-refractivity contribution >= 4 is 15.8 Å². The molecule has 0 heterocycles. The Balaban J connectivity index is 3.40. The molecule has 1 rings (SSSR count). The van der Waals surface area contributed by atoms with E-state index in [2.05, 4.69) is 0 Å². The largest absolute Gasteiger partial charge is 0.496 e. The first-order valence-corrected chi connectivity index (χ1v) is 6.53. The number of hydrogen-bond donors (Lipinski definition) is 2. The Morgan fingerprint density at radius 3 is 2.47 bits per heavy atom. The molecule has 3 N–H and O–H groups in total. The summed E-state index contributed by atoms with van der Waals surface area (Å²) in [6, 6.07) is 2.61. The molecule has 0 aliphatic heterocycles. The summed E-state index contributed by atoms with van der Waals surface area (Å²) in [5.41, 5.74) is 5.58. The Morgan fingerprint density at radius 1 is 1.47 bits per heavy atom. The standard InChI is InChI=1S/C10H13NO5S/c1-16-8-4-3-6(17(2,14)15)5-7(8)9(11)10(12)13/h3-5,9H,11H2,1-2H3,(H,12,13). The van der Waals surface area contributed by atoms with Gasteiger partial charge in [0.05, 0.1) is 12.0 Å².